The van der Waals surface area contributed by atoms with Crippen LogP contribution >= 0.6 is 11.9 Å². The number of carboxylic acids is 1. The molecule has 2 N–H and O–H groups in total. The Morgan fingerprint density at radius 2 is 2.19 bits per heavy atom. The normalized spacial score (nSPS) is 16.3. The topological polar surface area (TPSA) is 96.2 Å². The van der Waals surface area contributed by atoms with Crippen LogP contribution in [0.4, 0.5) is 15.8 Å². The average Bonchev–Trinajstić information content (AvgIpc) is 3.32. The summed E-state index contributed by atoms with van der Waals surface area (Å²) in [6.07, 6.45) is 2.81. The molecule has 1 fully saturated rings. The lowest BCUT2D eigenvalue weighted by molar-refractivity contribution is 0.0696. The van der Waals surface area contributed by atoms with Gasteiger partial charge < -0.3 is 14.7 Å². The Hall–Kier alpha value is -3.14. The molecule has 31 heavy (non-hydrogen) atoms. The van der Waals surface area contributed by atoms with Gasteiger partial charge in [-0.3, -0.25) is 0 Å². The molecule has 0 bridgehead atoms. The van der Waals surface area contributed by atoms with Gasteiger partial charge in [0.2, 0.25) is 0 Å². The number of piperidine rings is 1. The molecule has 1 saturated heterocycles. The van der Waals surface area contributed by atoms with E-state index in [1.807, 2.05) is 36.1 Å². The number of carbonyl (C=O) groups is 1. The van der Waals surface area contributed by atoms with Crippen molar-refractivity contribution in [1.82, 2.24) is 20.2 Å². The summed E-state index contributed by atoms with van der Waals surface area (Å²) in [4.78, 5) is 14.3. The zero-order chi connectivity index (χ0) is 21.8. The molecule has 0 amide bonds. The number of aromatic carboxylic acids is 1. The Labute approximate surface area is 183 Å². The summed E-state index contributed by atoms with van der Waals surface area (Å²) in [5.41, 5.74) is 3.72. The number of hydrogen-bond donors (Lipinski definition) is 2. The molecule has 0 unspecified atom stereocenters. The first-order valence-electron chi connectivity index (χ1n) is 10.1. The Balaban J connectivity index is 1.66. The van der Waals surface area contributed by atoms with Gasteiger partial charge in [0.15, 0.2) is 0 Å². The van der Waals surface area contributed by atoms with E-state index in [9.17, 15) is 14.3 Å². The average molecular weight is 443 g/mol. The summed E-state index contributed by atoms with van der Waals surface area (Å²) in [5.74, 6) is -0.965. The van der Waals surface area contributed by atoms with Gasteiger partial charge in [-0.25, -0.2) is 13.9 Å². The van der Waals surface area contributed by atoms with Crippen LogP contribution < -0.4 is 9.62 Å². The van der Waals surface area contributed by atoms with Crippen LogP contribution in [-0.2, 0) is 6.42 Å². The van der Waals surface area contributed by atoms with Gasteiger partial charge in [0, 0.05) is 18.0 Å². The fourth-order valence-electron chi connectivity index (χ4n) is 3.63. The van der Waals surface area contributed by atoms with Crippen molar-refractivity contribution in [3.63, 3.8) is 0 Å². The molecule has 4 rings (SSSR count). The first kappa shape index (κ1) is 21.1. The van der Waals surface area contributed by atoms with Crippen LogP contribution in [0.1, 0.15) is 35.7 Å². The van der Waals surface area contributed by atoms with Crippen molar-refractivity contribution in [2.45, 2.75) is 37.3 Å². The number of rotatable bonds is 7. The first-order valence-corrected chi connectivity index (χ1v) is 10.9. The maximum absolute atomic E-state index is 14.1. The number of anilines is 2. The van der Waals surface area contributed by atoms with Crippen molar-refractivity contribution in [1.29, 1.82) is 0 Å². The SMILES string of the molecule is CCc1ccc(C(=O)O)cc1SNc1cc(-n2cnnn2)ccc1N1CCC[C@@H](F)C1. The van der Waals surface area contributed by atoms with Crippen LogP contribution in [0.3, 0.4) is 0 Å². The van der Waals surface area contributed by atoms with E-state index >= 15 is 0 Å². The third-order valence-electron chi connectivity index (χ3n) is 5.26. The predicted octanol–water partition coefficient (Wildman–Crippen LogP) is 3.98. The van der Waals surface area contributed by atoms with Crippen molar-refractivity contribution in [3.05, 3.63) is 53.9 Å². The molecule has 1 atom stereocenters. The minimum atomic E-state index is -0.965. The number of nitrogens with one attached hydrogen (secondary N) is 1. The molecule has 0 spiro atoms. The van der Waals surface area contributed by atoms with E-state index in [-0.39, 0.29) is 5.56 Å². The number of benzene rings is 2. The largest absolute Gasteiger partial charge is 0.478 e. The number of nitrogens with zero attached hydrogens (tertiary/aromatic N) is 5. The number of tetrazole rings is 1. The molecule has 0 aliphatic carbocycles. The minimum Gasteiger partial charge on any atom is -0.478 e. The van der Waals surface area contributed by atoms with Crippen molar-refractivity contribution >= 4 is 29.3 Å². The lowest BCUT2D eigenvalue weighted by atomic mass is 10.1. The maximum Gasteiger partial charge on any atom is 0.335 e. The molecule has 1 aromatic heterocycles. The Morgan fingerprint density at radius 3 is 2.90 bits per heavy atom. The molecule has 0 saturated carbocycles. The molecule has 2 aromatic carbocycles. The monoisotopic (exact) mass is 442 g/mol. The lowest BCUT2D eigenvalue weighted by Crippen LogP contribution is -2.36. The predicted molar refractivity (Wildman–Crippen MR) is 118 cm³/mol. The van der Waals surface area contributed by atoms with E-state index in [2.05, 4.69) is 20.2 Å². The lowest BCUT2D eigenvalue weighted by Gasteiger charge is -2.32. The van der Waals surface area contributed by atoms with E-state index < -0.39 is 12.1 Å². The molecule has 2 heterocycles. The smallest absolute Gasteiger partial charge is 0.335 e. The minimum absolute atomic E-state index is 0.237. The van der Waals surface area contributed by atoms with Crippen LogP contribution in [0, 0.1) is 0 Å². The second kappa shape index (κ2) is 9.34. The molecule has 10 heteroatoms. The van der Waals surface area contributed by atoms with Gasteiger partial charge in [0.25, 0.3) is 0 Å². The van der Waals surface area contributed by atoms with Gasteiger partial charge >= 0.3 is 5.97 Å². The number of alkyl halides is 1. The molecule has 1 aliphatic rings. The summed E-state index contributed by atoms with van der Waals surface area (Å²) in [6.45, 7) is 3.15. The molecule has 8 nitrogen and oxygen atoms in total. The van der Waals surface area contributed by atoms with Gasteiger partial charge in [-0.2, -0.15) is 0 Å². The quantitative estimate of drug-likeness (QED) is 0.531. The van der Waals surface area contributed by atoms with Gasteiger partial charge in [-0.05, 0) is 77.5 Å². The second-order valence-electron chi connectivity index (χ2n) is 7.33. The second-order valence-corrected chi connectivity index (χ2v) is 8.17. The van der Waals surface area contributed by atoms with E-state index in [0.29, 0.717) is 13.0 Å². The summed E-state index contributed by atoms with van der Waals surface area (Å²) in [5, 5.41) is 20.7. The highest BCUT2D eigenvalue weighted by molar-refractivity contribution is 8.00. The van der Waals surface area contributed by atoms with Crippen molar-refractivity contribution in [2.75, 3.05) is 22.7 Å². The molecular formula is C21H23FN6O2S. The van der Waals surface area contributed by atoms with E-state index in [0.717, 1.165) is 46.9 Å². The van der Waals surface area contributed by atoms with Gasteiger partial charge in [-0.1, -0.05) is 13.0 Å². The molecule has 0 radical (unpaired) electrons. The van der Waals surface area contributed by atoms with Crippen molar-refractivity contribution in [3.8, 4) is 5.69 Å². The van der Waals surface area contributed by atoms with E-state index in [1.54, 1.807) is 16.8 Å². The number of halogens is 1. The number of carboxylic acid groups (broad SMARTS) is 1. The third kappa shape index (κ3) is 4.79. The zero-order valence-corrected chi connectivity index (χ0v) is 17.8. The molecule has 1 aliphatic heterocycles. The number of hydrogen-bond acceptors (Lipinski definition) is 7. The summed E-state index contributed by atoms with van der Waals surface area (Å²) < 4.78 is 19.0. The first-order chi connectivity index (χ1) is 15.0. The Morgan fingerprint density at radius 1 is 1.32 bits per heavy atom. The van der Waals surface area contributed by atoms with E-state index in [4.69, 9.17) is 0 Å². The summed E-state index contributed by atoms with van der Waals surface area (Å²) in [7, 11) is 0. The van der Waals surface area contributed by atoms with Gasteiger partial charge in [0.05, 0.1) is 22.6 Å². The summed E-state index contributed by atoms with van der Waals surface area (Å²) in [6, 6.07) is 10.9. The Bertz CT molecular complexity index is 1060. The standard InChI is InChI=1S/C21H23FN6O2S/c1-2-14-5-6-15(21(29)30)10-20(14)31-24-18-11-17(28-13-23-25-26-28)7-8-19(18)27-9-3-4-16(22)12-27/h5-8,10-11,13,16,24H,2-4,9,12H2,1H3,(H,29,30)/t16-/m1/s1. The summed E-state index contributed by atoms with van der Waals surface area (Å²) >= 11 is 1.35. The maximum atomic E-state index is 14.1. The van der Waals surface area contributed by atoms with E-state index in [1.165, 1.54) is 18.3 Å². The van der Waals surface area contributed by atoms with Crippen LogP contribution in [0.15, 0.2) is 47.6 Å². The zero-order valence-electron chi connectivity index (χ0n) is 17.0. The number of aryl methyl sites for hydroxylation is 1. The van der Waals surface area contributed by atoms with Crippen LogP contribution in [0.5, 0.6) is 0 Å². The highest BCUT2D eigenvalue weighted by atomic mass is 32.2. The third-order valence-corrected chi connectivity index (χ3v) is 6.19. The molecule has 162 valence electrons. The molecule has 3 aromatic rings. The molecular weight excluding hydrogens is 419 g/mol. The van der Waals surface area contributed by atoms with Gasteiger partial charge in [-0.15, -0.1) is 5.10 Å². The van der Waals surface area contributed by atoms with Gasteiger partial charge in [0.1, 0.15) is 12.5 Å². The van der Waals surface area contributed by atoms with Crippen LogP contribution in [0.2, 0.25) is 0 Å². The van der Waals surface area contributed by atoms with Crippen molar-refractivity contribution in [2.24, 2.45) is 0 Å². The van der Waals surface area contributed by atoms with Crippen molar-refractivity contribution < 1.29 is 14.3 Å². The highest BCUT2D eigenvalue weighted by Gasteiger charge is 2.22. The fraction of sp³-hybridized carbons (Fsp3) is 0.333. The number of aromatic nitrogens is 4. The fourth-order valence-corrected chi connectivity index (χ4v) is 4.55. The van der Waals surface area contributed by atoms with Crippen LogP contribution in [0.25, 0.3) is 5.69 Å². The highest BCUT2D eigenvalue weighted by Crippen LogP contribution is 2.35. The van der Waals surface area contributed by atoms with Crippen LogP contribution in [-0.4, -0.2) is 50.5 Å². The Kier molecular flexibility index (Phi) is 6.36.